The van der Waals surface area contributed by atoms with Crippen molar-refractivity contribution in [2.45, 2.75) is 18.4 Å². The van der Waals surface area contributed by atoms with Crippen molar-refractivity contribution in [2.24, 2.45) is 0 Å². The molecule has 3 rings (SSSR count). The summed E-state index contributed by atoms with van der Waals surface area (Å²) in [6.07, 6.45) is -4.82. The fraction of sp³-hybridized carbons (Fsp3) is 0.188. The smallest absolute Gasteiger partial charge is 0.286 e. The van der Waals surface area contributed by atoms with E-state index in [2.05, 4.69) is 20.9 Å². The Hall–Kier alpha value is -1.96. The van der Waals surface area contributed by atoms with Gasteiger partial charge in [-0.05, 0) is 36.2 Å². The van der Waals surface area contributed by atoms with Crippen LogP contribution >= 0.6 is 15.9 Å². The summed E-state index contributed by atoms with van der Waals surface area (Å²) in [5.41, 5.74) is 0.565. The van der Waals surface area contributed by atoms with Crippen molar-refractivity contribution < 1.29 is 22.0 Å². The van der Waals surface area contributed by atoms with Crippen molar-refractivity contribution in [3.63, 3.8) is 0 Å². The van der Waals surface area contributed by atoms with Gasteiger partial charge in [0.05, 0.1) is 11.2 Å². The van der Waals surface area contributed by atoms with E-state index in [4.69, 9.17) is 0 Å². The van der Waals surface area contributed by atoms with Gasteiger partial charge >= 0.3 is 6.18 Å². The fourth-order valence-electron chi connectivity index (χ4n) is 2.58. The molecule has 1 aromatic heterocycles. The number of rotatable bonds is 2. The van der Waals surface area contributed by atoms with E-state index in [1.54, 1.807) is 19.1 Å². The number of alkyl halides is 4. The first-order valence-electron chi connectivity index (χ1n) is 6.84. The molecule has 0 unspecified atom stereocenters. The molecular weight excluding hydrogens is 395 g/mol. The average molecular weight is 405 g/mol. The average Bonchev–Trinajstić information content (AvgIpc) is 2.91. The van der Waals surface area contributed by atoms with Crippen LogP contribution in [-0.2, 0) is 11.5 Å². The molecule has 0 aliphatic heterocycles. The standard InChI is InChI=1S/C16H10BrF5N2/c1-8-9(7-17)3-2-4-12(8)24-14-11(6-5-10(18)13(14)19)23-15(24)16(20,21)22/h2-6H,7H2,1H3. The second kappa shape index (κ2) is 5.84. The van der Waals surface area contributed by atoms with Crippen molar-refractivity contribution in [3.8, 4) is 5.69 Å². The lowest BCUT2D eigenvalue weighted by molar-refractivity contribution is -0.145. The van der Waals surface area contributed by atoms with Crippen molar-refractivity contribution >= 4 is 27.0 Å². The minimum atomic E-state index is -4.82. The van der Waals surface area contributed by atoms with Crippen LogP contribution in [-0.4, -0.2) is 9.55 Å². The molecule has 0 amide bonds. The Morgan fingerprint density at radius 2 is 1.83 bits per heavy atom. The minimum absolute atomic E-state index is 0.103. The van der Waals surface area contributed by atoms with Gasteiger partial charge in [0.1, 0.15) is 5.52 Å². The lowest BCUT2D eigenvalue weighted by Crippen LogP contribution is -2.15. The zero-order valence-electron chi connectivity index (χ0n) is 12.3. The highest BCUT2D eigenvalue weighted by atomic mass is 79.9. The van der Waals surface area contributed by atoms with Crippen molar-refractivity contribution in [2.75, 3.05) is 0 Å². The van der Waals surface area contributed by atoms with E-state index in [9.17, 15) is 22.0 Å². The number of hydrogen-bond donors (Lipinski definition) is 0. The van der Waals surface area contributed by atoms with Gasteiger partial charge in [-0.15, -0.1) is 0 Å². The number of nitrogens with zero attached hydrogens (tertiary/aromatic N) is 2. The highest BCUT2D eigenvalue weighted by Gasteiger charge is 2.39. The summed E-state index contributed by atoms with van der Waals surface area (Å²) in [5, 5.41) is 0.414. The maximum atomic E-state index is 14.2. The van der Waals surface area contributed by atoms with Gasteiger partial charge in [-0.2, -0.15) is 13.2 Å². The Labute approximate surface area is 142 Å². The predicted octanol–water partition coefficient (Wildman–Crippen LogP) is 5.53. The Kier molecular flexibility index (Phi) is 4.11. The summed E-state index contributed by atoms with van der Waals surface area (Å²) < 4.78 is 68.7. The molecule has 0 saturated carbocycles. The van der Waals surface area contributed by atoms with Gasteiger partial charge in [0.25, 0.3) is 0 Å². The van der Waals surface area contributed by atoms with E-state index in [0.717, 1.165) is 17.7 Å². The van der Waals surface area contributed by atoms with Crippen molar-refractivity contribution in [3.05, 3.63) is 58.9 Å². The zero-order chi connectivity index (χ0) is 17.6. The summed E-state index contributed by atoms with van der Waals surface area (Å²) in [6.45, 7) is 1.62. The highest BCUT2D eigenvalue weighted by molar-refractivity contribution is 9.08. The molecule has 2 nitrogen and oxygen atoms in total. The van der Waals surface area contributed by atoms with Crippen LogP contribution in [0.1, 0.15) is 17.0 Å². The number of benzene rings is 2. The topological polar surface area (TPSA) is 17.8 Å². The molecule has 0 N–H and O–H groups in total. The molecule has 1 heterocycles. The number of aromatic nitrogens is 2. The van der Waals surface area contributed by atoms with Gasteiger partial charge in [-0.3, -0.25) is 4.57 Å². The first-order valence-corrected chi connectivity index (χ1v) is 7.96. The summed E-state index contributed by atoms with van der Waals surface area (Å²) >= 11 is 3.26. The quantitative estimate of drug-likeness (QED) is 0.405. The normalized spacial score (nSPS) is 12.1. The van der Waals surface area contributed by atoms with Crippen LogP contribution < -0.4 is 0 Å². The van der Waals surface area contributed by atoms with E-state index in [1.165, 1.54) is 6.07 Å². The first-order chi connectivity index (χ1) is 11.3. The number of hydrogen-bond acceptors (Lipinski definition) is 1. The van der Waals surface area contributed by atoms with Crippen LogP contribution in [0.5, 0.6) is 0 Å². The Morgan fingerprint density at radius 1 is 1.12 bits per heavy atom. The summed E-state index contributed by atoms with van der Waals surface area (Å²) in [5.74, 6) is -3.89. The van der Waals surface area contributed by atoms with E-state index < -0.39 is 29.2 Å². The van der Waals surface area contributed by atoms with Crippen LogP contribution in [0.25, 0.3) is 16.7 Å². The summed E-state index contributed by atoms with van der Waals surface area (Å²) in [6, 6.07) is 6.50. The monoisotopic (exact) mass is 404 g/mol. The molecular formula is C16H10BrF5N2. The second-order valence-corrected chi connectivity index (χ2v) is 5.75. The molecule has 0 bridgehead atoms. The van der Waals surface area contributed by atoms with Gasteiger partial charge in [-0.25, -0.2) is 13.8 Å². The third-order valence-corrected chi connectivity index (χ3v) is 4.37. The van der Waals surface area contributed by atoms with Gasteiger partial charge in [0, 0.05) is 5.33 Å². The van der Waals surface area contributed by atoms with Gasteiger partial charge < -0.3 is 0 Å². The van der Waals surface area contributed by atoms with Crippen LogP contribution in [0.2, 0.25) is 0 Å². The van der Waals surface area contributed by atoms with Crippen LogP contribution in [0.15, 0.2) is 30.3 Å². The Bertz CT molecular complexity index is 930. The third-order valence-electron chi connectivity index (χ3n) is 3.77. The molecule has 3 aromatic rings. The lowest BCUT2D eigenvalue weighted by Gasteiger charge is -2.16. The lowest BCUT2D eigenvalue weighted by atomic mass is 10.1. The van der Waals surface area contributed by atoms with E-state index in [1.807, 2.05) is 0 Å². The van der Waals surface area contributed by atoms with Crippen molar-refractivity contribution in [1.82, 2.24) is 9.55 Å². The molecule has 0 saturated heterocycles. The molecule has 0 aliphatic carbocycles. The molecule has 0 fully saturated rings. The summed E-state index contributed by atoms with van der Waals surface area (Å²) in [4.78, 5) is 3.48. The first kappa shape index (κ1) is 16.9. The zero-order valence-corrected chi connectivity index (χ0v) is 13.8. The second-order valence-electron chi connectivity index (χ2n) is 5.19. The predicted molar refractivity (Wildman–Crippen MR) is 83.4 cm³/mol. The molecule has 0 aliphatic rings. The SMILES string of the molecule is Cc1c(CBr)cccc1-n1c(C(F)(F)F)nc2ccc(F)c(F)c21. The molecule has 126 valence electrons. The minimum Gasteiger partial charge on any atom is -0.286 e. The summed E-state index contributed by atoms with van der Waals surface area (Å²) in [7, 11) is 0. The van der Waals surface area contributed by atoms with E-state index in [-0.39, 0.29) is 11.2 Å². The fourth-order valence-corrected chi connectivity index (χ4v) is 3.19. The van der Waals surface area contributed by atoms with Gasteiger partial charge in [0.2, 0.25) is 5.82 Å². The van der Waals surface area contributed by atoms with Gasteiger partial charge in [-0.1, -0.05) is 28.1 Å². The third kappa shape index (κ3) is 2.58. The molecule has 0 radical (unpaired) electrons. The maximum Gasteiger partial charge on any atom is 0.450 e. The molecule has 24 heavy (non-hydrogen) atoms. The molecule has 8 heteroatoms. The number of halogens is 6. The number of fused-ring (bicyclic) bond motifs is 1. The van der Waals surface area contributed by atoms with Gasteiger partial charge in [0.15, 0.2) is 11.6 Å². The largest absolute Gasteiger partial charge is 0.450 e. The Morgan fingerprint density at radius 3 is 2.46 bits per heavy atom. The number of imidazole rings is 1. The maximum absolute atomic E-state index is 14.2. The van der Waals surface area contributed by atoms with Crippen LogP contribution in [0.3, 0.4) is 0 Å². The van der Waals surface area contributed by atoms with Crippen molar-refractivity contribution in [1.29, 1.82) is 0 Å². The van der Waals surface area contributed by atoms with Crippen LogP contribution in [0.4, 0.5) is 22.0 Å². The van der Waals surface area contributed by atoms with E-state index >= 15 is 0 Å². The van der Waals surface area contributed by atoms with E-state index in [0.29, 0.717) is 15.5 Å². The Balaban J connectivity index is 2.48. The molecule has 2 aromatic carbocycles. The van der Waals surface area contributed by atoms with Crippen LogP contribution in [0, 0.1) is 18.6 Å². The highest BCUT2D eigenvalue weighted by Crippen LogP contribution is 2.36. The molecule has 0 spiro atoms. The molecule has 0 atom stereocenters.